The van der Waals surface area contributed by atoms with E-state index >= 15 is 0 Å². The minimum Gasteiger partial charge on any atom is -0.493 e. The summed E-state index contributed by atoms with van der Waals surface area (Å²) in [7, 11) is 0. The molecule has 0 N–H and O–H groups in total. The number of hydrogen-bond acceptors (Lipinski definition) is 4. The largest absolute Gasteiger partial charge is 0.493 e. The first-order valence-corrected chi connectivity index (χ1v) is 33.6. The molecule has 12 rings (SSSR count). The molecule has 6 aromatic rings. The second-order valence-corrected chi connectivity index (χ2v) is 24.5. The number of ether oxygens (including phenoxy) is 4. The summed E-state index contributed by atoms with van der Waals surface area (Å²) in [6, 6.07) is 37.3. The average molecular weight is 1080 g/mol. The third-order valence-electron chi connectivity index (χ3n) is 18.6. The van der Waals surface area contributed by atoms with Crippen LogP contribution in [0, 0.1) is 0 Å². The number of fused-ring (bicyclic) bond motifs is 2. The Kier molecular flexibility index (Phi) is 23.9. The molecule has 4 heteroatoms. The number of benzene rings is 6. The Balaban J connectivity index is 1.19. The van der Waals surface area contributed by atoms with Gasteiger partial charge in [-0.2, -0.15) is 0 Å². The molecule has 0 aliphatic heterocycles. The van der Waals surface area contributed by atoms with Crippen molar-refractivity contribution in [2.24, 2.45) is 0 Å². The molecule has 6 aromatic carbocycles. The van der Waals surface area contributed by atoms with Gasteiger partial charge in [-0.15, -0.1) is 0 Å². The standard InChI is InChI=1S/C76H104O4/c1-5-9-13-17-21-25-29-41-53-77-73-61-49-37-38-50-62(61)74(78-54-42-30-26-22-18-14-10-6-2)70-67-58-46-34-33-45-57(58)65(69(70)73)66-59-47-35-36-48-60(59)68(67)72-71(66)75(79-55-43-31-27-23-19-15-11-7-3)63-51-39-40-52-64(63)76(72)80-56-44-32-28-24-20-16-12-8-4/h33-40,45-52,65-68H,5-32,41-44,53-56H2,1-4H3/t65-,66-,67+,68+. The van der Waals surface area contributed by atoms with Crippen molar-refractivity contribution in [3.8, 4) is 23.0 Å². The van der Waals surface area contributed by atoms with Gasteiger partial charge < -0.3 is 18.9 Å². The number of unbranched alkanes of at least 4 members (excludes halogenated alkanes) is 28. The molecule has 80 heavy (non-hydrogen) atoms. The summed E-state index contributed by atoms with van der Waals surface area (Å²) in [6.07, 6.45) is 40.7. The van der Waals surface area contributed by atoms with Crippen molar-refractivity contribution >= 4 is 21.5 Å². The minimum absolute atomic E-state index is 0.0607. The van der Waals surface area contributed by atoms with E-state index in [-0.39, 0.29) is 23.7 Å². The van der Waals surface area contributed by atoms with Gasteiger partial charge in [0.2, 0.25) is 0 Å². The molecule has 4 nitrogen and oxygen atoms in total. The minimum atomic E-state index is -0.0607. The summed E-state index contributed by atoms with van der Waals surface area (Å²) in [5.41, 5.74) is 11.1. The molecule has 0 heterocycles. The van der Waals surface area contributed by atoms with Crippen LogP contribution in [0.5, 0.6) is 23.0 Å². The van der Waals surface area contributed by atoms with E-state index in [0.29, 0.717) is 26.4 Å². The molecule has 0 radical (unpaired) electrons. The van der Waals surface area contributed by atoms with Crippen LogP contribution < -0.4 is 18.9 Å². The van der Waals surface area contributed by atoms with Crippen LogP contribution in [-0.2, 0) is 0 Å². The first-order valence-electron chi connectivity index (χ1n) is 33.6. The van der Waals surface area contributed by atoms with Crippen LogP contribution in [0.4, 0.5) is 0 Å². The second-order valence-electron chi connectivity index (χ2n) is 24.5. The maximum Gasteiger partial charge on any atom is 0.131 e. The summed E-state index contributed by atoms with van der Waals surface area (Å²) in [4.78, 5) is 0. The predicted octanol–water partition coefficient (Wildman–Crippen LogP) is 22.9. The SMILES string of the molecule is CCCCCCCCCCOc1c2c(c(OCCCCCCCCCC)c3ccccc13)[C@@H]1c3ccccc3[C@H]2[C@@H]2c3ccccc3[C@H]1c1c2c(OCCCCCCCCCC)c2ccccc2c1OCCCCCCCCCC. The van der Waals surface area contributed by atoms with Crippen molar-refractivity contribution in [1.29, 1.82) is 0 Å². The Bertz CT molecular complexity index is 2430. The summed E-state index contributed by atoms with van der Waals surface area (Å²) < 4.78 is 30.1. The normalized spacial score (nSPS) is 16.6. The lowest BCUT2D eigenvalue weighted by atomic mass is 9.52. The number of rotatable bonds is 40. The molecular formula is C76H104O4. The van der Waals surface area contributed by atoms with Gasteiger partial charge in [0, 0.05) is 67.5 Å². The summed E-state index contributed by atoms with van der Waals surface area (Å²) in [6.45, 7) is 12.1. The molecule has 0 fully saturated rings. The Morgan fingerprint density at radius 2 is 0.400 bits per heavy atom. The van der Waals surface area contributed by atoms with E-state index < -0.39 is 0 Å². The van der Waals surface area contributed by atoms with Crippen molar-refractivity contribution in [3.05, 3.63) is 142 Å². The smallest absolute Gasteiger partial charge is 0.131 e. The van der Waals surface area contributed by atoms with Crippen LogP contribution in [0.3, 0.4) is 0 Å². The van der Waals surface area contributed by atoms with Gasteiger partial charge in [-0.3, -0.25) is 0 Å². The van der Waals surface area contributed by atoms with Crippen molar-refractivity contribution in [3.63, 3.8) is 0 Å². The van der Waals surface area contributed by atoms with E-state index in [2.05, 4.69) is 125 Å². The molecule has 4 bridgehead atoms. The van der Waals surface area contributed by atoms with Gasteiger partial charge in [0.25, 0.3) is 0 Å². The lowest BCUT2D eigenvalue weighted by Gasteiger charge is -2.51. The van der Waals surface area contributed by atoms with Crippen molar-refractivity contribution in [2.45, 2.75) is 257 Å². The lowest BCUT2D eigenvalue weighted by Crippen LogP contribution is -2.37. The fourth-order valence-electron chi connectivity index (χ4n) is 14.5. The zero-order valence-corrected chi connectivity index (χ0v) is 50.6. The van der Waals surface area contributed by atoms with E-state index in [0.717, 1.165) is 48.7 Å². The van der Waals surface area contributed by atoms with Gasteiger partial charge in [0.1, 0.15) is 23.0 Å². The topological polar surface area (TPSA) is 36.9 Å². The molecule has 6 aliphatic carbocycles. The predicted molar refractivity (Wildman–Crippen MR) is 341 cm³/mol. The molecule has 0 amide bonds. The van der Waals surface area contributed by atoms with Crippen LogP contribution >= 0.6 is 0 Å². The first-order chi connectivity index (χ1) is 39.7. The third kappa shape index (κ3) is 14.3. The van der Waals surface area contributed by atoms with Crippen molar-refractivity contribution in [2.75, 3.05) is 26.4 Å². The van der Waals surface area contributed by atoms with Gasteiger partial charge in [0.15, 0.2) is 0 Å². The average Bonchev–Trinajstić information content (AvgIpc) is 2.35. The highest BCUT2D eigenvalue weighted by atomic mass is 16.5. The van der Waals surface area contributed by atoms with Crippen LogP contribution in [-0.4, -0.2) is 26.4 Å². The fourth-order valence-corrected chi connectivity index (χ4v) is 14.5. The Morgan fingerprint density at radius 1 is 0.225 bits per heavy atom. The Morgan fingerprint density at radius 3 is 0.600 bits per heavy atom. The quantitative estimate of drug-likeness (QED) is 0.0359. The molecule has 0 saturated heterocycles. The summed E-state index contributed by atoms with van der Waals surface area (Å²) >= 11 is 0. The van der Waals surface area contributed by atoms with Crippen LogP contribution in [0.15, 0.2) is 97.1 Å². The van der Waals surface area contributed by atoms with E-state index in [1.807, 2.05) is 0 Å². The second kappa shape index (κ2) is 32.0. The zero-order valence-electron chi connectivity index (χ0n) is 50.6. The van der Waals surface area contributed by atoms with Gasteiger partial charge in [-0.25, -0.2) is 0 Å². The van der Waals surface area contributed by atoms with E-state index in [1.165, 1.54) is 246 Å². The van der Waals surface area contributed by atoms with Crippen molar-refractivity contribution < 1.29 is 18.9 Å². The van der Waals surface area contributed by atoms with Gasteiger partial charge >= 0.3 is 0 Å². The molecule has 6 aliphatic rings. The van der Waals surface area contributed by atoms with E-state index in [4.69, 9.17) is 18.9 Å². The fraction of sp³-hybridized carbons (Fsp3) is 0.579. The molecular weight excluding hydrogens is 977 g/mol. The molecule has 0 saturated carbocycles. The van der Waals surface area contributed by atoms with Gasteiger partial charge in [-0.05, 0) is 47.9 Å². The van der Waals surface area contributed by atoms with Gasteiger partial charge in [0.05, 0.1) is 26.4 Å². The van der Waals surface area contributed by atoms with Crippen molar-refractivity contribution in [1.82, 2.24) is 0 Å². The molecule has 0 spiro atoms. The number of hydrogen-bond donors (Lipinski definition) is 0. The summed E-state index contributed by atoms with van der Waals surface area (Å²) in [5.74, 6) is 4.04. The van der Waals surface area contributed by atoms with E-state index in [9.17, 15) is 0 Å². The van der Waals surface area contributed by atoms with Crippen LogP contribution in [0.25, 0.3) is 21.5 Å². The zero-order chi connectivity index (χ0) is 55.1. The molecule has 0 unspecified atom stereocenters. The summed E-state index contributed by atoms with van der Waals surface area (Å²) in [5, 5.41) is 4.74. The monoisotopic (exact) mass is 1080 g/mol. The highest BCUT2D eigenvalue weighted by Crippen LogP contribution is 2.70. The highest BCUT2D eigenvalue weighted by molar-refractivity contribution is 6.00. The lowest BCUT2D eigenvalue weighted by molar-refractivity contribution is 0.283. The highest BCUT2D eigenvalue weighted by Gasteiger charge is 2.55. The molecule has 0 aromatic heterocycles. The van der Waals surface area contributed by atoms with E-state index in [1.54, 1.807) is 0 Å². The first kappa shape index (κ1) is 59.7. The maximum absolute atomic E-state index is 7.52. The van der Waals surface area contributed by atoms with Crippen LogP contribution in [0.1, 0.15) is 301 Å². The van der Waals surface area contributed by atoms with Crippen LogP contribution in [0.2, 0.25) is 0 Å². The molecule has 4 atom stereocenters. The Hall–Kier alpha value is -4.96. The van der Waals surface area contributed by atoms with Gasteiger partial charge in [-0.1, -0.05) is 305 Å². The maximum atomic E-state index is 7.52. The third-order valence-corrected chi connectivity index (χ3v) is 18.6. The molecule has 432 valence electrons. The Labute approximate surface area is 485 Å².